The number of hydrogen-bond donors (Lipinski definition) is 1. The van der Waals surface area contributed by atoms with E-state index in [9.17, 15) is 0 Å². The van der Waals surface area contributed by atoms with Gasteiger partial charge in [0.25, 0.3) is 0 Å². The van der Waals surface area contributed by atoms with E-state index >= 15 is 0 Å². The summed E-state index contributed by atoms with van der Waals surface area (Å²) in [5.41, 5.74) is 7.06. The van der Waals surface area contributed by atoms with Crippen molar-refractivity contribution in [3.05, 3.63) is 35.4 Å². The van der Waals surface area contributed by atoms with Crippen LogP contribution < -0.4 is 5.32 Å². The van der Waals surface area contributed by atoms with Crippen molar-refractivity contribution in [2.75, 3.05) is 11.9 Å². The average Bonchev–Trinajstić information content (AvgIpc) is 2.70. The van der Waals surface area contributed by atoms with Crippen molar-refractivity contribution in [1.29, 1.82) is 0 Å². The highest BCUT2D eigenvalue weighted by Gasteiger charge is 2.19. The molecule has 1 heterocycles. The fourth-order valence-corrected chi connectivity index (χ4v) is 2.35. The lowest BCUT2D eigenvalue weighted by atomic mass is 10.0. The lowest BCUT2D eigenvalue weighted by molar-refractivity contribution is 1.08. The molecule has 0 aromatic heterocycles. The van der Waals surface area contributed by atoms with Crippen molar-refractivity contribution < 1.29 is 0 Å². The minimum Gasteiger partial charge on any atom is -0.384 e. The summed E-state index contributed by atoms with van der Waals surface area (Å²) in [6.07, 6.45) is 3.51. The molecule has 0 unspecified atom stereocenters. The van der Waals surface area contributed by atoms with Crippen LogP contribution in [-0.4, -0.2) is 6.54 Å². The van der Waals surface area contributed by atoms with Gasteiger partial charge in [-0.3, -0.25) is 0 Å². The van der Waals surface area contributed by atoms with Crippen molar-refractivity contribution in [1.82, 2.24) is 0 Å². The zero-order valence-electron chi connectivity index (χ0n) is 7.69. The van der Waals surface area contributed by atoms with Crippen LogP contribution in [0.2, 0.25) is 0 Å². The van der Waals surface area contributed by atoms with Crippen molar-refractivity contribution >= 4 is 11.3 Å². The maximum Gasteiger partial charge on any atom is 0.0376 e. The summed E-state index contributed by atoms with van der Waals surface area (Å²) >= 11 is 0. The van der Waals surface area contributed by atoms with Gasteiger partial charge >= 0.3 is 0 Å². The topological polar surface area (TPSA) is 12.0 Å². The fraction of sp³-hybridized carbons (Fsp3) is 0.333. The van der Waals surface area contributed by atoms with Gasteiger partial charge < -0.3 is 5.32 Å². The maximum absolute atomic E-state index is 4.10. The molecule has 0 fully saturated rings. The Bertz CT molecular complexity index is 390. The van der Waals surface area contributed by atoms with Crippen LogP contribution in [0.25, 0.3) is 5.57 Å². The molecule has 0 radical (unpaired) electrons. The molecule has 1 aromatic rings. The zero-order chi connectivity index (χ0) is 8.84. The van der Waals surface area contributed by atoms with Gasteiger partial charge in [0, 0.05) is 12.2 Å². The van der Waals surface area contributed by atoms with Gasteiger partial charge in [0.05, 0.1) is 0 Å². The van der Waals surface area contributed by atoms with Crippen LogP contribution in [0.5, 0.6) is 0 Å². The molecular weight excluding hydrogens is 158 g/mol. The smallest absolute Gasteiger partial charge is 0.0376 e. The third-order valence-electron chi connectivity index (χ3n) is 3.12. The van der Waals surface area contributed by atoms with Crippen LogP contribution in [0.15, 0.2) is 18.7 Å². The minimum absolute atomic E-state index is 1.10. The molecule has 3 rings (SSSR count). The summed E-state index contributed by atoms with van der Waals surface area (Å²) in [6, 6.07) is 4.65. The number of allylic oxidation sites excluding steroid dienone is 1. The first-order valence-corrected chi connectivity index (χ1v) is 4.92. The molecule has 2 aliphatic rings. The van der Waals surface area contributed by atoms with Crippen LogP contribution in [0.3, 0.4) is 0 Å². The molecule has 66 valence electrons. The summed E-state index contributed by atoms with van der Waals surface area (Å²) < 4.78 is 0. The van der Waals surface area contributed by atoms with Gasteiger partial charge in [-0.2, -0.15) is 0 Å². The summed E-state index contributed by atoms with van der Waals surface area (Å²) in [5.74, 6) is 0. The molecule has 1 heteroatoms. The lowest BCUT2D eigenvalue weighted by Crippen LogP contribution is -1.91. The van der Waals surface area contributed by atoms with Crippen molar-refractivity contribution in [2.24, 2.45) is 0 Å². The summed E-state index contributed by atoms with van der Waals surface area (Å²) in [7, 11) is 0. The van der Waals surface area contributed by atoms with Gasteiger partial charge in [-0.1, -0.05) is 6.58 Å². The first-order chi connectivity index (χ1) is 6.34. The Hall–Kier alpha value is -1.24. The molecule has 1 aliphatic carbocycles. The van der Waals surface area contributed by atoms with E-state index in [1.54, 1.807) is 0 Å². The molecular formula is C12H13N. The summed E-state index contributed by atoms with van der Waals surface area (Å²) in [5, 5.41) is 3.41. The lowest BCUT2D eigenvalue weighted by Gasteiger charge is -2.04. The highest BCUT2D eigenvalue weighted by Crippen LogP contribution is 2.36. The van der Waals surface area contributed by atoms with Crippen LogP contribution in [0.1, 0.15) is 23.1 Å². The second kappa shape index (κ2) is 2.38. The largest absolute Gasteiger partial charge is 0.384 e. The number of hydrogen-bond acceptors (Lipinski definition) is 1. The van der Waals surface area contributed by atoms with Crippen LogP contribution >= 0.6 is 0 Å². The van der Waals surface area contributed by atoms with E-state index in [1.807, 2.05) is 0 Å². The van der Waals surface area contributed by atoms with E-state index in [0.29, 0.717) is 0 Å². The number of nitrogens with one attached hydrogen (secondary N) is 1. The predicted molar refractivity (Wildman–Crippen MR) is 56.0 cm³/mol. The highest BCUT2D eigenvalue weighted by atomic mass is 14.9. The molecule has 1 aliphatic heterocycles. The van der Waals surface area contributed by atoms with Crippen molar-refractivity contribution in [3.63, 3.8) is 0 Å². The number of anilines is 1. The van der Waals surface area contributed by atoms with Crippen molar-refractivity contribution in [3.8, 4) is 0 Å². The molecule has 0 saturated carbocycles. The molecule has 13 heavy (non-hydrogen) atoms. The van der Waals surface area contributed by atoms with E-state index in [1.165, 1.54) is 40.8 Å². The Balaban J connectivity index is 2.22. The third kappa shape index (κ3) is 0.932. The second-order valence-corrected chi connectivity index (χ2v) is 3.95. The van der Waals surface area contributed by atoms with Crippen LogP contribution in [-0.2, 0) is 12.8 Å². The second-order valence-electron chi connectivity index (χ2n) is 3.95. The maximum atomic E-state index is 4.10. The fourth-order valence-electron chi connectivity index (χ4n) is 2.35. The molecule has 1 nitrogen and oxygen atoms in total. The standard InChI is InChI=1S/C12H13N/c1-8-2-3-9-7-12-10(4-5-13-12)6-11(8)9/h6-7,13H,1-5H2. The van der Waals surface area contributed by atoms with Gasteiger partial charge in [-0.05, 0) is 53.7 Å². The first kappa shape index (κ1) is 7.19. The van der Waals surface area contributed by atoms with Crippen molar-refractivity contribution in [2.45, 2.75) is 19.3 Å². The van der Waals surface area contributed by atoms with E-state index < -0.39 is 0 Å². The van der Waals surface area contributed by atoms with Gasteiger partial charge in [0.1, 0.15) is 0 Å². The molecule has 1 aromatic carbocycles. The van der Waals surface area contributed by atoms with E-state index in [-0.39, 0.29) is 0 Å². The SMILES string of the molecule is C=C1CCc2cc3c(cc21)CCN3. The summed E-state index contributed by atoms with van der Waals surface area (Å²) in [6.45, 7) is 5.20. The van der Waals surface area contributed by atoms with Gasteiger partial charge in [-0.15, -0.1) is 0 Å². The number of fused-ring (bicyclic) bond motifs is 2. The zero-order valence-corrected chi connectivity index (χ0v) is 7.69. The molecule has 0 spiro atoms. The molecule has 0 bridgehead atoms. The first-order valence-electron chi connectivity index (χ1n) is 4.92. The third-order valence-corrected chi connectivity index (χ3v) is 3.12. The molecule has 0 amide bonds. The number of rotatable bonds is 0. The minimum atomic E-state index is 1.10. The Labute approximate surface area is 78.5 Å². The predicted octanol–water partition coefficient (Wildman–Crippen LogP) is 2.61. The average molecular weight is 171 g/mol. The van der Waals surface area contributed by atoms with E-state index in [4.69, 9.17) is 0 Å². The van der Waals surface area contributed by atoms with E-state index in [2.05, 4.69) is 24.0 Å². The van der Waals surface area contributed by atoms with Gasteiger partial charge in [-0.25, -0.2) is 0 Å². The van der Waals surface area contributed by atoms with Gasteiger partial charge in [0.15, 0.2) is 0 Å². The summed E-state index contributed by atoms with van der Waals surface area (Å²) in [4.78, 5) is 0. The number of aryl methyl sites for hydroxylation is 1. The van der Waals surface area contributed by atoms with Crippen LogP contribution in [0.4, 0.5) is 5.69 Å². The Morgan fingerprint density at radius 2 is 2.00 bits per heavy atom. The van der Waals surface area contributed by atoms with Crippen LogP contribution in [0, 0.1) is 0 Å². The normalized spacial score (nSPS) is 18.3. The highest BCUT2D eigenvalue weighted by molar-refractivity contribution is 5.75. The Morgan fingerprint density at radius 1 is 1.08 bits per heavy atom. The Kier molecular flexibility index (Phi) is 1.32. The molecule has 1 N–H and O–H groups in total. The quantitative estimate of drug-likeness (QED) is 0.632. The van der Waals surface area contributed by atoms with Gasteiger partial charge in [0.2, 0.25) is 0 Å². The molecule has 0 atom stereocenters. The Morgan fingerprint density at radius 3 is 2.92 bits per heavy atom. The van der Waals surface area contributed by atoms with E-state index in [0.717, 1.165) is 13.0 Å². The molecule has 0 saturated heterocycles. The number of benzene rings is 1. The monoisotopic (exact) mass is 171 g/mol.